The summed E-state index contributed by atoms with van der Waals surface area (Å²) < 4.78 is 10.8. The summed E-state index contributed by atoms with van der Waals surface area (Å²) in [6.07, 6.45) is 0. The Bertz CT molecular complexity index is 612. The fraction of sp³-hybridized carbons (Fsp3) is 0.200. The molecule has 0 spiro atoms. The van der Waals surface area contributed by atoms with E-state index in [9.17, 15) is 0 Å². The van der Waals surface area contributed by atoms with Gasteiger partial charge in [-0.15, -0.1) is 0 Å². The molecule has 20 heavy (non-hydrogen) atoms. The van der Waals surface area contributed by atoms with Crippen molar-refractivity contribution in [3.63, 3.8) is 0 Å². The smallest absolute Gasteiger partial charge is 0.214 e. The minimum absolute atomic E-state index is 0.338. The summed E-state index contributed by atoms with van der Waals surface area (Å²) in [4.78, 5) is 4.64. The molecule has 1 heterocycles. The number of thiocarbonyl (C=S) groups is 1. The van der Waals surface area contributed by atoms with Gasteiger partial charge in [0.2, 0.25) is 5.88 Å². The van der Waals surface area contributed by atoms with Gasteiger partial charge in [0.05, 0.1) is 7.11 Å². The Morgan fingerprint density at radius 1 is 1.25 bits per heavy atom. The van der Waals surface area contributed by atoms with E-state index in [1.807, 2.05) is 37.3 Å². The van der Waals surface area contributed by atoms with Gasteiger partial charge in [0.15, 0.2) is 0 Å². The van der Waals surface area contributed by atoms with Gasteiger partial charge < -0.3 is 15.2 Å². The number of hydrogen-bond donors (Lipinski definition) is 1. The second kappa shape index (κ2) is 6.34. The highest BCUT2D eigenvalue weighted by Gasteiger charge is 2.04. The van der Waals surface area contributed by atoms with Crippen LogP contribution in [-0.2, 0) is 6.61 Å². The van der Waals surface area contributed by atoms with Crippen LogP contribution >= 0.6 is 12.2 Å². The number of aryl methyl sites for hydroxylation is 1. The molecule has 2 aromatic rings. The fourth-order valence-electron chi connectivity index (χ4n) is 1.73. The first-order valence-corrected chi connectivity index (χ1v) is 6.53. The van der Waals surface area contributed by atoms with Gasteiger partial charge in [0.25, 0.3) is 0 Å². The molecule has 2 N–H and O–H groups in total. The van der Waals surface area contributed by atoms with E-state index in [0.29, 0.717) is 17.5 Å². The van der Waals surface area contributed by atoms with E-state index in [1.54, 1.807) is 13.2 Å². The maximum Gasteiger partial charge on any atom is 0.214 e. The lowest BCUT2D eigenvalue weighted by Gasteiger charge is -2.08. The molecule has 104 valence electrons. The summed E-state index contributed by atoms with van der Waals surface area (Å²) in [5.74, 6) is 1.34. The van der Waals surface area contributed by atoms with Crippen molar-refractivity contribution in [3.8, 4) is 11.6 Å². The van der Waals surface area contributed by atoms with Crippen LogP contribution in [0.15, 0.2) is 36.4 Å². The van der Waals surface area contributed by atoms with Crippen molar-refractivity contribution in [2.24, 2.45) is 5.73 Å². The minimum Gasteiger partial charge on any atom is -0.497 e. The molecule has 0 aliphatic heterocycles. The fourth-order valence-corrected chi connectivity index (χ4v) is 1.85. The standard InChI is InChI=1S/C15H16N2O2S/c1-10-7-12(15(16)20)8-14(17-10)19-9-11-3-5-13(18-2)6-4-11/h3-8H,9H2,1-2H3,(H2,16,20). The Morgan fingerprint density at radius 2 is 1.95 bits per heavy atom. The number of rotatable bonds is 5. The van der Waals surface area contributed by atoms with Crippen molar-refractivity contribution in [1.29, 1.82) is 0 Å². The monoisotopic (exact) mass is 288 g/mol. The molecule has 0 fully saturated rings. The number of nitrogens with zero attached hydrogens (tertiary/aromatic N) is 1. The maximum absolute atomic E-state index is 5.67. The van der Waals surface area contributed by atoms with E-state index < -0.39 is 0 Å². The molecule has 0 radical (unpaired) electrons. The molecule has 2 rings (SSSR count). The number of ether oxygens (including phenoxy) is 2. The lowest BCUT2D eigenvalue weighted by atomic mass is 10.2. The SMILES string of the molecule is COc1ccc(COc2cc(C(N)=S)cc(C)n2)cc1. The van der Waals surface area contributed by atoms with Gasteiger partial charge in [-0.25, -0.2) is 4.98 Å². The highest BCUT2D eigenvalue weighted by atomic mass is 32.1. The van der Waals surface area contributed by atoms with Crippen LogP contribution in [0.2, 0.25) is 0 Å². The van der Waals surface area contributed by atoms with Gasteiger partial charge in [-0.1, -0.05) is 24.4 Å². The molecule has 0 amide bonds. The van der Waals surface area contributed by atoms with E-state index in [1.165, 1.54) is 0 Å². The first kappa shape index (κ1) is 14.3. The largest absolute Gasteiger partial charge is 0.497 e. The third-order valence-corrected chi connectivity index (χ3v) is 3.00. The quantitative estimate of drug-likeness (QED) is 0.857. The molecule has 0 bridgehead atoms. The Hall–Kier alpha value is -2.14. The van der Waals surface area contributed by atoms with Crippen molar-refractivity contribution in [3.05, 3.63) is 53.2 Å². The molecule has 0 saturated heterocycles. The summed E-state index contributed by atoms with van der Waals surface area (Å²) >= 11 is 4.97. The summed E-state index contributed by atoms with van der Waals surface area (Å²) in [6, 6.07) is 11.3. The second-order valence-electron chi connectivity index (χ2n) is 4.34. The van der Waals surface area contributed by atoms with Crippen LogP contribution in [-0.4, -0.2) is 17.1 Å². The van der Waals surface area contributed by atoms with Crippen molar-refractivity contribution >= 4 is 17.2 Å². The predicted molar refractivity (Wildman–Crippen MR) is 82.2 cm³/mol. The van der Waals surface area contributed by atoms with Crippen molar-refractivity contribution in [1.82, 2.24) is 4.98 Å². The van der Waals surface area contributed by atoms with Gasteiger partial charge in [-0.05, 0) is 30.7 Å². The maximum atomic E-state index is 5.67. The van der Waals surface area contributed by atoms with Crippen LogP contribution in [0.4, 0.5) is 0 Å². The van der Waals surface area contributed by atoms with Crippen LogP contribution in [0.1, 0.15) is 16.8 Å². The van der Waals surface area contributed by atoms with Gasteiger partial charge in [0.1, 0.15) is 17.3 Å². The Morgan fingerprint density at radius 3 is 2.55 bits per heavy atom. The summed E-state index contributed by atoms with van der Waals surface area (Å²) in [7, 11) is 1.64. The highest BCUT2D eigenvalue weighted by molar-refractivity contribution is 7.80. The molecule has 0 saturated carbocycles. The summed E-state index contributed by atoms with van der Waals surface area (Å²) in [5, 5.41) is 0. The van der Waals surface area contributed by atoms with Crippen molar-refractivity contribution in [2.75, 3.05) is 7.11 Å². The molecule has 0 aliphatic rings. The number of pyridine rings is 1. The summed E-state index contributed by atoms with van der Waals surface area (Å²) in [5.41, 5.74) is 8.24. The molecule has 0 unspecified atom stereocenters. The minimum atomic E-state index is 0.338. The molecule has 5 heteroatoms. The molecule has 4 nitrogen and oxygen atoms in total. The van der Waals surface area contributed by atoms with Crippen molar-refractivity contribution < 1.29 is 9.47 Å². The first-order valence-electron chi connectivity index (χ1n) is 6.12. The third-order valence-electron chi connectivity index (χ3n) is 2.76. The van der Waals surface area contributed by atoms with Crippen LogP contribution < -0.4 is 15.2 Å². The number of hydrogen-bond acceptors (Lipinski definition) is 4. The molecule has 0 atom stereocenters. The summed E-state index contributed by atoms with van der Waals surface area (Å²) in [6.45, 7) is 2.30. The van der Waals surface area contributed by atoms with Gasteiger partial charge >= 0.3 is 0 Å². The molecule has 1 aromatic carbocycles. The zero-order valence-electron chi connectivity index (χ0n) is 11.4. The first-order chi connectivity index (χ1) is 9.58. The van der Waals surface area contributed by atoms with Crippen LogP contribution in [0.5, 0.6) is 11.6 Å². The van der Waals surface area contributed by atoms with Crippen LogP contribution in [0.3, 0.4) is 0 Å². The average molecular weight is 288 g/mol. The molecular weight excluding hydrogens is 272 g/mol. The number of methoxy groups -OCH3 is 1. The Balaban J connectivity index is 2.08. The predicted octanol–water partition coefficient (Wildman–Crippen LogP) is 2.61. The van der Waals surface area contributed by atoms with Crippen molar-refractivity contribution in [2.45, 2.75) is 13.5 Å². The second-order valence-corrected chi connectivity index (χ2v) is 4.78. The van der Waals surface area contributed by atoms with Crippen LogP contribution in [0, 0.1) is 6.92 Å². The molecule has 1 aromatic heterocycles. The van der Waals surface area contributed by atoms with Gasteiger partial charge in [-0.3, -0.25) is 0 Å². The number of nitrogens with two attached hydrogens (primary N) is 1. The van der Waals surface area contributed by atoms with E-state index >= 15 is 0 Å². The lowest BCUT2D eigenvalue weighted by molar-refractivity contribution is 0.293. The Kier molecular flexibility index (Phi) is 4.53. The van der Waals surface area contributed by atoms with E-state index in [0.717, 1.165) is 22.6 Å². The lowest BCUT2D eigenvalue weighted by Crippen LogP contribution is -2.10. The van der Waals surface area contributed by atoms with E-state index in [-0.39, 0.29) is 0 Å². The zero-order valence-corrected chi connectivity index (χ0v) is 12.2. The molecular formula is C15H16N2O2S. The number of aromatic nitrogens is 1. The van der Waals surface area contributed by atoms with E-state index in [2.05, 4.69) is 4.98 Å². The third kappa shape index (κ3) is 3.68. The molecule has 0 aliphatic carbocycles. The van der Waals surface area contributed by atoms with Gasteiger partial charge in [-0.2, -0.15) is 0 Å². The zero-order chi connectivity index (χ0) is 14.5. The highest BCUT2D eigenvalue weighted by Crippen LogP contribution is 2.16. The normalized spacial score (nSPS) is 10.1. The Labute approximate surface area is 123 Å². The van der Waals surface area contributed by atoms with Crippen LogP contribution in [0.25, 0.3) is 0 Å². The number of benzene rings is 1. The van der Waals surface area contributed by atoms with Gasteiger partial charge in [0, 0.05) is 17.3 Å². The van der Waals surface area contributed by atoms with E-state index in [4.69, 9.17) is 27.4 Å². The average Bonchev–Trinajstić information content (AvgIpc) is 2.45. The topological polar surface area (TPSA) is 57.4 Å².